The van der Waals surface area contributed by atoms with Crippen molar-refractivity contribution in [2.75, 3.05) is 122 Å². The molecule has 0 aliphatic rings. The highest BCUT2D eigenvalue weighted by Gasteiger charge is 2.27. The van der Waals surface area contributed by atoms with Gasteiger partial charge in [0.1, 0.15) is 12.4 Å². The summed E-state index contributed by atoms with van der Waals surface area (Å²) >= 11 is 10.3. The van der Waals surface area contributed by atoms with E-state index < -0.39 is 20.1 Å². The van der Waals surface area contributed by atoms with Crippen molar-refractivity contribution in [2.24, 2.45) is 80.8 Å². The molecule has 0 rings (SSSR count). The van der Waals surface area contributed by atoms with Gasteiger partial charge in [-0.05, 0) is 211 Å². The van der Waals surface area contributed by atoms with Gasteiger partial charge in [-0.2, -0.15) is 4.99 Å². The second kappa shape index (κ2) is 108. The van der Waals surface area contributed by atoms with Crippen LogP contribution in [-0.2, 0) is 47.2 Å². The summed E-state index contributed by atoms with van der Waals surface area (Å²) in [5, 5.41) is 8.82. The van der Waals surface area contributed by atoms with Crippen LogP contribution < -0.4 is 10.6 Å². The highest BCUT2D eigenvalue weighted by molar-refractivity contribution is 8.79. The van der Waals surface area contributed by atoms with Gasteiger partial charge in [0.2, 0.25) is 5.91 Å². The van der Waals surface area contributed by atoms with Crippen LogP contribution in [0.3, 0.4) is 0 Å². The lowest BCUT2D eigenvalue weighted by molar-refractivity contribution is -0.219. The molecule has 0 aliphatic carbocycles. The molecule has 0 radical (unpaired) electrons. The smallest absolute Gasteiger partial charge is 0.510 e. The SMILES string of the molecule is CCCC(=O)[C@H](SSC)C(C)C.CCN(C)C(=O)[C@H](SSC)C(C)C.CCO[C@@H](C)C(C)C.CC[C@H](SSC)C(C)C.CC[C@H](SSC)C(C)C.CSS[C@@H](CN)C(C)C.CSS[C@@H](CN=C=S)C(C)C.CSS[C@@H](COC(=O)OCN=C=S)C(C)C.CSS[C@@H](COP(=O)([O-])O)C(C)C.CSS[C@@H](CSC(C)=O)C(C)C.CSS[C@@H](OC(=O)OC(C)C)C(C)C. The molecule has 0 aromatic rings. The molecule has 1 amide bonds. The van der Waals surface area contributed by atoms with E-state index in [9.17, 15) is 33.4 Å². The van der Waals surface area contributed by atoms with E-state index in [-0.39, 0.29) is 62.8 Å². The third-order valence-electron chi connectivity index (χ3n) is 15.8. The van der Waals surface area contributed by atoms with E-state index in [4.69, 9.17) is 29.6 Å². The Morgan fingerprint density at radius 3 is 1.10 bits per heavy atom. The van der Waals surface area contributed by atoms with Crippen molar-refractivity contribution in [3.05, 3.63) is 0 Å². The summed E-state index contributed by atoms with van der Waals surface area (Å²) in [5.74, 6) is 7.79. The number of ketones is 1. The van der Waals surface area contributed by atoms with Crippen molar-refractivity contribution in [1.29, 1.82) is 0 Å². The molecule has 0 aliphatic heterocycles. The van der Waals surface area contributed by atoms with Gasteiger partial charge in [-0.25, -0.2) is 14.6 Å². The first kappa shape index (κ1) is 153. The maximum atomic E-state index is 11.8. The van der Waals surface area contributed by atoms with E-state index in [1.54, 1.807) is 155 Å². The average Bonchev–Trinajstić information content (AvgIpc) is 0.913. The fourth-order valence-electron chi connectivity index (χ4n) is 7.81. The summed E-state index contributed by atoms with van der Waals surface area (Å²) in [6.45, 7) is 68.6. The average molecular weight is 2230 g/mol. The van der Waals surface area contributed by atoms with Crippen molar-refractivity contribution in [3.63, 3.8) is 0 Å². The Balaban J connectivity index is -0.000000129. The van der Waals surface area contributed by atoms with Crippen LogP contribution in [0, 0.1) is 65.1 Å². The molecular weight excluding hydrogens is 2060 g/mol. The number of ether oxygens (including phenoxy) is 5. The normalized spacial score (nSPS) is 13.9. The van der Waals surface area contributed by atoms with Crippen molar-refractivity contribution in [1.82, 2.24) is 4.90 Å². The lowest BCUT2D eigenvalue weighted by Gasteiger charge is -2.23. The quantitative estimate of drug-likeness (QED) is 0.0143. The maximum absolute atomic E-state index is 11.8. The third kappa shape index (κ3) is 110. The van der Waals surface area contributed by atoms with Crippen LogP contribution in [-0.4, -0.2) is 236 Å². The fraction of sp³-hybridized carbons (Fsp3) is 0.917. The number of rotatable bonds is 54. The summed E-state index contributed by atoms with van der Waals surface area (Å²) in [5.41, 5.74) is 5.38. The van der Waals surface area contributed by atoms with Gasteiger partial charge >= 0.3 is 12.3 Å². The first-order chi connectivity index (χ1) is 58.7. The Morgan fingerprint density at radius 1 is 0.452 bits per heavy atom. The molecule has 3 N–H and O–H groups in total. The summed E-state index contributed by atoms with van der Waals surface area (Å²) in [7, 11) is 32.3. The number of thiocarbonyl (C=S) groups is 2. The topological polar surface area (TPSA) is 255 Å². The minimum Gasteiger partial charge on any atom is -0.756 e. The molecule has 0 spiro atoms. The monoisotopic (exact) mass is 2230 g/mol. The number of amides is 1. The van der Waals surface area contributed by atoms with Crippen molar-refractivity contribution in [3.8, 4) is 0 Å². The number of aliphatic imine (C=N–C) groups is 2. The molecule has 18 nitrogen and oxygen atoms in total. The second-order valence-electron chi connectivity index (χ2n) is 30.7. The fourth-order valence-corrected chi connectivity index (χ4v) is 31.9. The van der Waals surface area contributed by atoms with Crippen LogP contribution in [0.25, 0.3) is 0 Å². The van der Waals surface area contributed by atoms with E-state index >= 15 is 0 Å². The van der Waals surface area contributed by atoms with Crippen LogP contribution in [0.1, 0.15) is 240 Å². The molecule has 0 saturated carbocycles. The molecule has 0 heterocycles. The number of hydrogen-bond acceptors (Lipinski definition) is 39. The number of phosphoric ester groups is 1. The number of nitrogens with zero attached hydrogens (tertiary/aromatic N) is 3. The number of carbonyl (C=O) groups excluding carboxylic acids is 5. The Labute approximate surface area is 868 Å². The number of nitrogens with two attached hydrogens (primary N) is 1. The van der Waals surface area contributed by atoms with Crippen molar-refractivity contribution >= 4 is 299 Å². The highest BCUT2D eigenvalue weighted by atomic mass is 33.1. The van der Waals surface area contributed by atoms with Crippen LogP contribution in [0.4, 0.5) is 9.59 Å². The number of phosphoric acid groups is 1. The van der Waals surface area contributed by atoms with Crippen molar-refractivity contribution in [2.45, 2.75) is 305 Å². The van der Waals surface area contributed by atoms with E-state index in [2.05, 4.69) is 238 Å². The Kier molecular flexibility index (Phi) is 131. The zero-order chi connectivity index (χ0) is 101. The molecule has 12 atom stereocenters. The van der Waals surface area contributed by atoms with Crippen molar-refractivity contribution < 1.29 is 66.5 Å². The minimum atomic E-state index is -4.56. The van der Waals surface area contributed by atoms with Gasteiger partial charge in [0.05, 0.1) is 51.4 Å². The first-order valence-corrected chi connectivity index (χ1v) is 71.9. The molecule has 126 heavy (non-hydrogen) atoms. The zero-order valence-corrected chi connectivity index (χ0v) is 104. The second-order valence-corrected chi connectivity index (χ2v) is 60.2. The third-order valence-corrected chi connectivity index (χ3v) is 42.2. The standard InChI is InChI=1S/C9H15NO3S3.C9H19NOS2.C9H18O3S2.C9H18OS2.C8H16OS3.C7H13NS3.C7H16O.2C7H16S2.C6H15NS2.C6H15O4PS2/c1-7(2)8(16-15-3)4-12-9(11)13-5-10-6-14;1-6-10(4)9(11)8(7(2)3)13-12-5;1-6(2)8(14-13-5)12-9(10)11-7(3)4;1-5-6-8(10)9(7(2)3)12-11-4;1-6(2)8(12-10-4)5-11-7(3)9;1-6(2)7(11-10-3)4-8-5-9;1-5-8-7(4)6(2)3;2*1-5-7(6(2)3)9-8-4;1-5(2)6(4-7)9-8-3;1-5(2)6(13-12-3)4-10-11(7,8)9/h7-8H,4-5H2,1-3H3;7-8H,6H2,1-5H3;6-8H,1-5H3;7,9H,5-6H2,1-4H3;6,8H,5H2,1-4H3;6-7H,4H2,1-3H3;6-7H,5H2,1-4H3;2*6-7H,5H2,1-4H3;5-6H,4,7H2,1-3H3;5-6H,4H2,1-3H3,(H2,7,8,9)/p-1/t3*8-;9-;8-;4*7-;2*6-/m01110000000/s1. The number of isothiocyanates is 2. The molecule has 1 unspecified atom stereocenters. The Hall–Kier alpha value is 4.33. The molecule has 0 fully saturated rings. The molecule has 0 aromatic heterocycles. The molecule has 0 aromatic carbocycles. The van der Waals surface area contributed by atoms with Crippen LogP contribution in [0.2, 0.25) is 0 Å². The summed E-state index contributed by atoms with van der Waals surface area (Å²) < 4.78 is 39.5. The van der Waals surface area contributed by atoms with Gasteiger partial charge in [-0.15, -0.1) is 0 Å². The van der Waals surface area contributed by atoms with Gasteiger partial charge in [-0.1, -0.05) is 390 Å². The van der Waals surface area contributed by atoms with E-state index in [0.29, 0.717) is 81.6 Å². The Morgan fingerprint density at radius 2 is 0.817 bits per heavy atom. The molecule has 42 heteroatoms. The zero-order valence-electron chi connectivity index (χ0n) is 84.8. The maximum Gasteiger partial charge on any atom is 0.510 e. The van der Waals surface area contributed by atoms with Gasteiger partial charge in [-0.3, -0.25) is 18.9 Å². The highest BCUT2D eigenvalue weighted by Crippen LogP contribution is 2.39. The molecule has 0 bridgehead atoms. The number of carbonyl (C=O) groups is 5. The van der Waals surface area contributed by atoms with E-state index in [0.717, 1.165) is 67.2 Å². The number of hydrogen-bond donors (Lipinski definition) is 2. The van der Waals surface area contributed by atoms with E-state index in [1.165, 1.54) is 35.4 Å². The molecule has 0 saturated heterocycles. The predicted octanol–water partition coefficient (Wildman–Crippen LogP) is 31.5. The lowest BCUT2D eigenvalue weighted by atomic mass is 10.0. The summed E-state index contributed by atoms with van der Waals surface area (Å²) in [4.78, 5) is 84.2. The largest absolute Gasteiger partial charge is 0.756 e. The van der Waals surface area contributed by atoms with Gasteiger partial charge in [0.15, 0.2) is 17.3 Å². The van der Waals surface area contributed by atoms with Crippen LogP contribution >= 0.6 is 260 Å². The molecule has 760 valence electrons. The minimum absolute atomic E-state index is 0.0282. The van der Waals surface area contributed by atoms with E-state index in [1.807, 2.05) is 155 Å². The van der Waals surface area contributed by atoms with Gasteiger partial charge in [0, 0.05) is 83.3 Å². The number of thioether (sulfide) groups is 1. The van der Waals surface area contributed by atoms with Gasteiger partial charge < -0.3 is 48.6 Å². The summed E-state index contributed by atoms with van der Waals surface area (Å²) in [6.07, 6.45) is 23.7. The van der Waals surface area contributed by atoms with Crippen LogP contribution in [0.15, 0.2) is 9.98 Å². The summed E-state index contributed by atoms with van der Waals surface area (Å²) in [6, 6.07) is 0. The van der Waals surface area contributed by atoms with Crippen LogP contribution in [0.5, 0.6) is 0 Å². The van der Waals surface area contributed by atoms with Gasteiger partial charge in [0.25, 0.3) is 7.82 Å². The predicted molar refractivity (Wildman–Crippen MR) is 620 cm³/mol. The molecular formula is C84H176N4O14PS23-. The Bertz CT molecular complexity index is 2520. The first-order valence-electron chi connectivity index (χ1n) is 42.4. The number of Topliss-reactive ketones (excluding diaryl/α,β-unsaturated/α-hetero) is 1. The lowest BCUT2D eigenvalue weighted by Crippen LogP contribution is -2.36.